The summed E-state index contributed by atoms with van der Waals surface area (Å²) in [6.07, 6.45) is 0. The molecule has 152 valence electrons. The van der Waals surface area contributed by atoms with Crippen molar-refractivity contribution in [3.8, 4) is 34.3 Å². The molecule has 1 aromatic heterocycles. The van der Waals surface area contributed by atoms with Crippen molar-refractivity contribution in [2.45, 2.75) is 0 Å². The molecule has 0 fully saturated rings. The molecule has 4 aromatic rings. The number of hydrogen-bond acceptors (Lipinski definition) is 5. The first-order chi connectivity index (χ1) is 15.8. The molecule has 3 aliphatic heterocycles. The van der Waals surface area contributed by atoms with Gasteiger partial charge in [0, 0.05) is 11.0 Å². The van der Waals surface area contributed by atoms with Crippen LogP contribution in [-0.2, 0) is 4.74 Å². The first kappa shape index (κ1) is 17.6. The fraction of sp³-hybridized carbons (Fsp3) is 0.0769. The molecule has 3 aromatic carbocycles. The summed E-state index contributed by atoms with van der Waals surface area (Å²) in [6.45, 7) is 1.35. The highest BCUT2D eigenvalue weighted by atomic mass is 16.5. The molecular weight excluding hydrogens is 399 g/mol. The lowest BCUT2D eigenvalue weighted by atomic mass is 9.35. The van der Waals surface area contributed by atoms with Crippen LogP contribution in [0.3, 0.4) is 0 Å². The number of hydrogen-bond donors (Lipinski definition) is 0. The third kappa shape index (κ3) is 2.59. The van der Waals surface area contributed by atoms with Crippen molar-refractivity contribution in [2.24, 2.45) is 4.99 Å². The standard InChI is InChI=1S/C26H17BN2O3/c1-3-10-21-17(6-1)27-18-7-2-4-11-22(18)32-24-15-16(14-23(31-21)25(24)27)19-8-5-9-20(29-19)26-28-12-13-30-26/h1-11,14-15H,12-13H2. The predicted octanol–water partition coefficient (Wildman–Crippen LogP) is 3.25. The topological polar surface area (TPSA) is 52.9 Å². The summed E-state index contributed by atoms with van der Waals surface area (Å²) < 4.78 is 18.4. The van der Waals surface area contributed by atoms with Crippen molar-refractivity contribution >= 4 is 29.0 Å². The van der Waals surface area contributed by atoms with E-state index in [0.29, 0.717) is 19.0 Å². The van der Waals surface area contributed by atoms with E-state index in [2.05, 4.69) is 41.4 Å². The Morgan fingerprint density at radius 1 is 0.688 bits per heavy atom. The maximum absolute atomic E-state index is 6.38. The van der Waals surface area contributed by atoms with Crippen LogP contribution in [0.5, 0.6) is 23.0 Å². The van der Waals surface area contributed by atoms with Gasteiger partial charge in [0.2, 0.25) is 5.90 Å². The van der Waals surface area contributed by atoms with E-state index in [-0.39, 0.29) is 6.71 Å². The minimum absolute atomic E-state index is 0.0736. The quantitative estimate of drug-likeness (QED) is 0.407. The van der Waals surface area contributed by atoms with E-state index in [0.717, 1.165) is 56.3 Å². The summed E-state index contributed by atoms with van der Waals surface area (Å²) in [7, 11) is 0. The van der Waals surface area contributed by atoms with Crippen LogP contribution in [0.1, 0.15) is 5.69 Å². The van der Waals surface area contributed by atoms with Crippen molar-refractivity contribution in [3.05, 3.63) is 84.6 Å². The molecule has 0 spiro atoms. The first-order valence-corrected chi connectivity index (χ1v) is 10.7. The van der Waals surface area contributed by atoms with Gasteiger partial charge >= 0.3 is 0 Å². The Kier molecular flexibility index (Phi) is 3.70. The normalized spacial score (nSPS) is 14.9. The number of pyridine rings is 1. The van der Waals surface area contributed by atoms with Crippen LogP contribution in [-0.4, -0.2) is 30.7 Å². The fourth-order valence-electron chi connectivity index (χ4n) is 4.75. The third-order valence-corrected chi connectivity index (χ3v) is 6.14. The molecule has 0 N–H and O–H groups in total. The Hall–Kier alpha value is -4.06. The van der Waals surface area contributed by atoms with Crippen LogP contribution in [0.2, 0.25) is 0 Å². The van der Waals surface area contributed by atoms with E-state index in [9.17, 15) is 0 Å². The van der Waals surface area contributed by atoms with E-state index >= 15 is 0 Å². The van der Waals surface area contributed by atoms with Crippen LogP contribution < -0.4 is 25.9 Å². The highest BCUT2D eigenvalue weighted by molar-refractivity contribution is 6.98. The van der Waals surface area contributed by atoms with E-state index in [4.69, 9.17) is 19.2 Å². The van der Waals surface area contributed by atoms with Gasteiger partial charge in [-0.15, -0.1) is 0 Å². The van der Waals surface area contributed by atoms with Gasteiger partial charge in [-0.1, -0.05) is 42.5 Å². The van der Waals surface area contributed by atoms with E-state index < -0.39 is 0 Å². The highest BCUT2D eigenvalue weighted by Gasteiger charge is 2.40. The van der Waals surface area contributed by atoms with Crippen molar-refractivity contribution < 1.29 is 14.2 Å². The SMILES string of the molecule is c1cc(C2=NCCO2)nc(-c2cc3c4c(c2)Oc2ccccc2B4c2ccccc2O3)c1. The van der Waals surface area contributed by atoms with E-state index in [1.807, 2.05) is 42.5 Å². The van der Waals surface area contributed by atoms with Gasteiger partial charge in [-0.3, -0.25) is 0 Å². The average molecular weight is 416 g/mol. The van der Waals surface area contributed by atoms with Crippen LogP contribution in [0.4, 0.5) is 0 Å². The molecule has 0 aliphatic carbocycles. The summed E-state index contributed by atoms with van der Waals surface area (Å²) in [6, 6.07) is 26.4. The smallest absolute Gasteiger partial charge is 0.260 e. The zero-order chi connectivity index (χ0) is 21.1. The monoisotopic (exact) mass is 416 g/mol. The third-order valence-electron chi connectivity index (χ3n) is 6.14. The maximum atomic E-state index is 6.38. The second-order valence-corrected chi connectivity index (χ2v) is 8.04. The molecular formula is C26H17BN2O3. The molecule has 3 aliphatic rings. The molecule has 6 heteroatoms. The van der Waals surface area contributed by atoms with Crippen LogP contribution in [0, 0.1) is 0 Å². The number of nitrogens with zero attached hydrogens (tertiary/aromatic N) is 2. The minimum atomic E-state index is 0.0736. The summed E-state index contributed by atoms with van der Waals surface area (Å²) in [5.41, 5.74) is 5.85. The number of para-hydroxylation sites is 2. The predicted molar refractivity (Wildman–Crippen MR) is 125 cm³/mol. The second-order valence-electron chi connectivity index (χ2n) is 8.04. The largest absolute Gasteiger partial charge is 0.474 e. The number of fused-ring (bicyclic) bond motifs is 4. The lowest BCUT2D eigenvalue weighted by molar-refractivity contribution is 0.347. The second kappa shape index (κ2) is 6.72. The van der Waals surface area contributed by atoms with Crippen molar-refractivity contribution in [1.82, 2.24) is 4.98 Å². The zero-order valence-electron chi connectivity index (χ0n) is 17.1. The van der Waals surface area contributed by atoms with Crippen LogP contribution in [0.25, 0.3) is 11.3 Å². The molecule has 7 rings (SSSR count). The molecule has 0 atom stereocenters. The van der Waals surface area contributed by atoms with Gasteiger partial charge in [0.25, 0.3) is 6.71 Å². The Labute approximate surface area is 185 Å². The summed E-state index contributed by atoms with van der Waals surface area (Å²) in [5.74, 6) is 3.96. The molecule has 0 unspecified atom stereocenters. The number of rotatable bonds is 2. The van der Waals surface area contributed by atoms with Gasteiger partial charge in [-0.05, 0) is 47.3 Å². The highest BCUT2D eigenvalue weighted by Crippen LogP contribution is 2.37. The van der Waals surface area contributed by atoms with Gasteiger partial charge in [-0.2, -0.15) is 0 Å². The van der Waals surface area contributed by atoms with Gasteiger partial charge in [0.15, 0.2) is 0 Å². The van der Waals surface area contributed by atoms with Crippen molar-refractivity contribution in [2.75, 3.05) is 13.2 Å². The Morgan fingerprint density at radius 3 is 2.00 bits per heavy atom. The average Bonchev–Trinajstić information content (AvgIpc) is 3.39. The number of aliphatic imine (C=N–C) groups is 1. The number of ether oxygens (including phenoxy) is 3. The lowest BCUT2D eigenvalue weighted by Crippen LogP contribution is -2.57. The molecule has 0 radical (unpaired) electrons. The fourth-order valence-corrected chi connectivity index (χ4v) is 4.75. The van der Waals surface area contributed by atoms with Crippen LogP contribution >= 0.6 is 0 Å². The lowest BCUT2D eigenvalue weighted by Gasteiger charge is -2.33. The molecule has 0 saturated heterocycles. The summed E-state index contributed by atoms with van der Waals surface area (Å²) >= 11 is 0. The molecule has 0 saturated carbocycles. The number of benzene rings is 3. The van der Waals surface area contributed by atoms with Gasteiger partial charge in [0.05, 0.1) is 12.2 Å². The molecule has 5 nitrogen and oxygen atoms in total. The van der Waals surface area contributed by atoms with Crippen molar-refractivity contribution in [3.63, 3.8) is 0 Å². The Balaban J connectivity index is 1.42. The Morgan fingerprint density at radius 2 is 1.34 bits per heavy atom. The molecule has 0 bridgehead atoms. The van der Waals surface area contributed by atoms with E-state index in [1.54, 1.807) is 0 Å². The minimum Gasteiger partial charge on any atom is -0.474 e. The van der Waals surface area contributed by atoms with Gasteiger partial charge < -0.3 is 14.2 Å². The number of aromatic nitrogens is 1. The summed E-state index contributed by atoms with van der Waals surface area (Å²) in [5, 5.41) is 0. The van der Waals surface area contributed by atoms with Gasteiger partial charge in [0.1, 0.15) is 35.3 Å². The zero-order valence-corrected chi connectivity index (χ0v) is 17.1. The molecule has 32 heavy (non-hydrogen) atoms. The summed E-state index contributed by atoms with van der Waals surface area (Å²) in [4.78, 5) is 9.20. The maximum Gasteiger partial charge on any atom is 0.260 e. The molecule has 4 heterocycles. The van der Waals surface area contributed by atoms with E-state index in [1.165, 1.54) is 0 Å². The van der Waals surface area contributed by atoms with Gasteiger partial charge in [-0.25, -0.2) is 9.98 Å². The van der Waals surface area contributed by atoms with Crippen molar-refractivity contribution in [1.29, 1.82) is 0 Å². The first-order valence-electron chi connectivity index (χ1n) is 10.7. The molecule has 0 amide bonds. The van der Waals surface area contributed by atoms with Crippen LogP contribution in [0.15, 0.2) is 83.9 Å². The Bertz CT molecular complexity index is 1360.